The lowest BCUT2D eigenvalue weighted by molar-refractivity contribution is -0.127. The number of aromatic nitrogens is 1. The number of aliphatic hydroxyl groups is 5. The van der Waals surface area contributed by atoms with E-state index in [1.54, 1.807) is 18.3 Å². The molecule has 4 fully saturated rings. The van der Waals surface area contributed by atoms with Crippen molar-refractivity contribution in [2.45, 2.75) is 73.3 Å². The number of amides is 1. The van der Waals surface area contributed by atoms with Gasteiger partial charge in [0.2, 0.25) is 15.9 Å². The average Bonchev–Trinajstić information content (AvgIpc) is 4.10. The summed E-state index contributed by atoms with van der Waals surface area (Å²) in [6.07, 6.45) is 0.611. The highest BCUT2D eigenvalue weighted by atomic mass is 35.5. The van der Waals surface area contributed by atoms with E-state index in [1.807, 2.05) is 36.5 Å². The number of nitrogens with zero attached hydrogens (tertiary/aromatic N) is 2. The molecule has 4 aliphatic rings. The topological polar surface area (TPSA) is 199 Å². The molecule has 1 amide bonds. The van der Waals surface area contributed by atoms with E-state index in [0.717, 1.165) is 48.1 Å². The van der Waals surface area contributed by atoms with Gasteiger partial charge < -0.3 is 40.3 Å². The fourth-order valence-electron chi connectivity index (χ4n) is 7.02. The Labute approximate surface area is 300 Å². The minimum Gasteiger partial charge on any atom is -0.490 e. The Hall–Kier alpha value is -3.18. The number of pyridine rings is 1. The van der Waals surface area contributed by atoms with Crippen molar-refractivity contribution in [1.29, 1.82) is 0 Å². The average molecular weight is 744 g/mol. The smallest absolute Gasteiger partial charge is 0.243 e. The predicted octanol–water partition coefficient (Wildman–Crippen LogP) is 1.57. The van der Waals surface area contributed by atoms with Crippen LogP contribution in [-0.4, -0.2) is 106 Å². The van der Waals surface area contributed by atoms with Crippen molar-refractivity contribution < 1.29 is 48.2 Å². The van der Waals surface area contributed by atoms with Crippen LogP contribution in [0.1, 0.15) is 36.8 Å². The number of rotatable bonds is 16. The molecule has 2 heterocycles. The molecule has 0 unspecified atom stereocenters. The van der Waals surface area contributed by atoms with Crippen LogP contribution in [0.2, 0.25) is 5.02 Å². The number of sulfonamides is 1. The molecule has 1 aromatic heterocycles. The van der Waals surface area contributed by atoms with Gasteiger partial charge in [0.05, 0.1) is 35.9 Å². The van der Waals surface area contributed by atoms with Gasteiger partial charge in [-0.3, -0.25) is 9.78 Å². The van der Waals surface area contributed by atoms with Gasteiger partial charge in [-0.15, -0.1) is 0 Å². The molecule has 0 spiro atoms. The monoisotopic (exact) mass is 743 g/mol. The Morgan fingerprint density at radius 2 is 1.71 bits per heavy atom. The van der Waals surface area contributed by atoms with E-state index in [1.165, 1.54) is 10.4 Å². The molecule has 274 valence electrons. The lowest BCUT2D eigenvalue weighted by Crippen LogP contribution is -2.50. The van der Waals surface area contributed by atoms with Gasteiger partial charge in [-0.2, -0.15) is 4.31 Å². The number of carbonyl (C=O) groups excluding carboxylic acids is 1. The fourth-order valence-corrected chi connectivity index (χ4v) is 8.76. The number of fused-ring (bicyclic) bond motifs is 1. The van der Waals surface area contributed by atoms with Gasteiger partial charge in [0.15, 0.2) is 0 Å². The molecule has 3 aromatic rings. The second kappa shape index (κ2) is 14.3. The molecule has 6 N–H and O–H groups in total. The molecular weight excluding hydrogens is 702 g/mol. The van der Waals surface area contributed by atoms with Gasteiger partial charge in [-0.25, -0.2) is 8.42 Å². The van der Waals surface area contributed by atoms with Gasteiger partial charge in [-0.05, 0) is 79.0 Å². The quantitative estimate of drug-likeness (QED) is 0.125. The Morgan fingerprint density at radius 3 is 2.39 bits per heavy atom. The van der Waals surface area contributed by atoms with Crippen LogP contribution in [0.4, 0.5) is 0 Å². The summed E-state index contributed by atoms with van der Waals surface area (Å²) < 4.78 is 41.5. The van der Waals surface area contributed by atoms with Crippen LogP contribution in [0.15, 0.2) is 65.8 Å². The van der Waals surface area contributed by atoms with E-state index in [4.69, 9.17) is 26.2 Å². The largest absolute Gasteiger partial charge is 0.490 e. The van der Waals surface area contributed by atoms with Crippen LogP contribution in [0.25, 0.3) is 11.1 Å². The van der Waals surface area contributed by atoms with Gasteiger partial charge >= 0.3 is 0 Å². The lowest BCUT2D eigenvalue weighted by Gasteiger charge is -2.26. The summed E-state index contributed by atoms with van der Waals surface area (Å²) >= 11 is 6.57. The number of nitrogens with one attached hydrogen (secondary N) is 1. The molecular formula is C36H42ClN3O10S. The molecule has 3 aliphatic carbocycles. The number of aliphatic hydroxyl groups excluding tert-OH is 5. The van der Waals surface area contributed by atoms with Crippen LogP contribution in [0.5, 0.6) is 5.75 Å². The molecule has 0 radical (unpaired) electrons. The molecule has 1 aliphatic heterocycles. The Morgan fingerprint density at radius 1 is 1.00 bits per heavy atom. The van der Waals surface area contributed by atoms with E-state index in [-0.39, 0.29) is 42.5 Å². The lowest BCUT2D eigenvalue weighted by atomic mass is 9.96. The van der Waals surface area contributed by atoms with Crippen LogP contribution in [-0.2, 0) is 31.8 Å². The second-order valence-corrected chi connectivity index (χ2v) is 16.3. The zero-order valence-electron chi connectivity index (χ0n) is 27.7. The third-order valence-corrected chi connectivity index (χ3v) is 12.6. The summed E-state index contributed by atoms with van der Waals surface area (Å²) in [6.45, 7) is -0.835. The number of ether oxygens (including phenoxy) is 2. The summed E-state index contributed by atoms with van der Waals surface area (Å²) in [7, 11) is -3.91. The van der Waals surface area contributed by atoms with Crippen molar-refractivity contribution in [3.05, 3.63) is 77.1 Å². The first-order valence-corrected chi connectivity index (χ1v) is 19.0. The minimum absolute atomic E-state index is 0.0756. The van der Waals surface area contributed by atoms with Crippen LogP contribution < -0.4 is 10.1 Å². The Bertz CT molecular complexity index is 1860. The summed E-state index contributed by atoms with van der Waals surface area (Å²) in [5, 5.41) is 51.2. The van der Waals surface area contributed by atoms with Crippen LogP contribution in [0, 0.1) is 17.8 Å². The fraction of sp³-hybridized carbons (Fsp3) is 0.500. The molecule has 0 bridgehead atoms. The van der Waals surface area contributed by atoms with Crippen molar-refractivity contribution >= 4 is 27.5 Å². The molecule has 13 nitrogen and oxygen atoms in total. The molecule has 51 heavy (non-hydrogen) atoms. The number of halogens is 1. The van der Waals surface area contributed by atoms with Crippen molar-refractivity contribution in [2.24, 2.45) is 17.8 Å². The van der Waals surface area contributed by atoms with Crippen molar-refractivity contribution in [3.8, 4) is 16.9 Å². The maximum absolute atomic E-state index is 13.7. The molecule has 15 heteroatoms. The second-order valence-electron chi connectivity index (χ2n) is 14.0. The Balaban J connectivity index is 0.976. The first-order valence-electron chi connectivity index (χ1n) is 17.2. The SMILES string of the molecule is O=C(NC[C@H](O)[C@@H](O)[C@H](O)[C@H](O)CO)[C@H]1[C@@H]2CN(S(=O)(=O)c3ccc(Cl)c(COC4(c5cnccc5-c5ccccc5OC5CC5)CC4)c3)C[C@@H]21. The normalized spacial score (nSPS) is 24.6. The van der Waals surface area contributed by atoms with Gasteiger partial charge in [0, 0.05) is 54.1 Å². The highest BCUT2D eigenvalue weighted by Crippen LogP contribution is 2.54. The highest BCUT2D eigenvalue weighted by Gasteiger charge is 2.61. The van der Waals surface area contributed by atoms with Crippen molar-refractivity contribution in [3.63, 3.8) is 0 Å². The van der Waals surface area contributed by atoms with Crippen LogP contribution in [0.3, 0.4) is 0 Å². The number of piperidine rings is 1. The zero-order valence-corrected chi connectivity index (χ0v) is 29.3. The number of carbonyl (C=O) groups is 1. The van der Waals surface area contributed by atoms with E-state index in [9.17, 15) is 33.6 Å². The van der Waals surface area contributed by atoms with E-state index in [2.05, 4.69) is 10.3 Å². The highest BCUT2D eigenvalue weighted by molar-refractivity contribution is 7.89. The predicted molar refractivity (Wildman–Crippen MR) is 184 cm³/mol. The van der Waals surface area contributed by atoms with Gasteiger partial charge in [-0.1, -0.05) is 29.8 Å². The number of benzene rings is 2. The molecule has 1 saturated heterocycles. The van der Waals surface area contributed by atoms with Gasteiger partial charge in [0.1, 0.15) is 24.1 Å². The molecule has 7 rings (SSSR count). The summed E-state index contributed by atoms with van der Waals surface area (Å²) in [5.74, 6) is -0.450. The van der Waals surface area contributed by atoms with Crippen molar-refractivity contribution in [1.82, 2.24) is 14.6 Å². The first kappa shape index (κ1) is 36.2. The molecule has 7 atom stereocenters. The minimum atomic E-state index is -3.91. The molecule has 3 saturated carbocycles. The van der Waals surface area contributed by atoms with E-state index >= 15 is 0 Å². The first-order chi connectivity index (χ1) is 24.4. The van der Waals surface area contributed by atoms with Gasteiger partial charge in [0.25, 0.3) is 0 Å². The zero-order chi connectivity index (χ0) is 36.1. The van der Waals surface area contributed by atoms with Crippen LogP contribution >= 0.6 is 11.6 Å². The molecule has 2 aromatic carbocycles. The standard InChI is InChI=1S/C36H42ClN3O10S/c37-28-8-7-22(51(47,48)40-16-25-26(17-40)32(25)35(46)39-15-29(42)33(44)34(45)30(43)18-41)13-20(28)19-49-36(10-11-36)27-14-38-12-9-23(27)24-3-1-2-4-31(24)50-21-5-6-21/h1-4,7-9,12-14,21,25-26,29-30,32-34,41-45H,5-6,10-11,15-19H2,(H,39,46)/t25-,26+,29-,30+,32+,33+,34+/m0/s1. The van der Waals surface area contributed by atoms with E-state index < -0.39 is 65.0 Å². The summed E-state index contributed by atoms with van der Waals surface area (Å²) in [5.41, 5.74) is 2.82. The summed E-state index contributed by atoms with van der Waals surface area (Å²) in [6, 6.07) is 14.5. The third-order valence-electron chi connectivity index (χ3n) is 10.4. The van der Waals surface area contributed by atoms with Crippen molar-refractivity contribution in [2.75, 3.05) is 26.2 Å². The number of hydrogen-bond acceptors (Lipinski definition) is 11. The summed E-state index contributed by atoms with van der Waals surface area (Å²) in [4.78, 5) is 17.3. The number of hydrogen-bond donors (Lipinski definition) is 6. The van der Waals surface area contributed by atoms with E-state index in [0.29, 0.717) is 10.6 Å². The maximum Gasteiger partial charge on any atom is 0.243 e. The third kappa shape index (κ3) is 7.39. The number of para-hydroxylation sites is 1. The maximum atomic E-state index is 13.7. The Kier molecular flexibility index (Phi) is 10.2.